The first-order valence-corrected chi connectivity index (χ1v) is 6.89. The van der Waals surface area contributed by atoms with Crippen LogP contribution in [-0.2, 0) is 5.33 Å². The second-order valence-electron chi connectivity index (χ2n) is 4.19. The molecule has 0 radical (unpaired) electrons. The third-order valence-corrected chi connectivity index (χ3v) is 3.50. The quantitative estimate of drug-likeness (QED) is 0.730. The lowest BCUT2D eigenvalue weighted by atomic mass is 10.1. The standard InChI is InChI=1S/C13H18BrN/c1-2-9-15(12-7-8-12)13-6-4-3-5-11(13)10-14/h3-6,12H,2,7-10H2,1H3. The van der Waals surface area contributed by atoms with Gasteiger partial charge in [-0.1, -0.05) is 41.1 Å². The van der Waals surface area contributed by atoms with Crippen molar-refractivity contribution in [2.24, 2.45) is 0 Å². The van der Waals surface area contributed by atoms with E-state index >= 15 is 0 Å². The van der Waals surface area contributed by atoms with E-state index in [1.807, 2.05) is 0 Å². The highest BCUT2D eigenvalue weighted by atomic mass is 79.9. The first kappa shape index (κ1) is 11.0. The Labute approximate surface area is 101 Å². The van der Waals surface area contributed by atoms with E-state index in [9.17, 15) is 0 Å². The van der Waals surface area contributed by atoms with Gasteiger partial charge in [-0.25, -0.2) is 0 Å². The molecule has 0 N–H and O–H groups in total. The molecule has 1 nitrogen and oxygen atoms in total. The molecule has 1 aromatic carbocycles. The number of rotatable bonds is 5. The Balaban J connectivity index is 2.23. The number of hydrogen-bond donors (Lipinski definition) is 0. The van der Waals surface area contributed by atoms with Crippen molar-refractivity contribution in [2.45, 2.75) is 37.6 Å². The maximum atomic E-state index is 3.57. The summed E-state index contributed by atoms with van der Waals surface area (Å²) in [6, 6.07) is 9.55. The summed E-state index contributed by atoms with van der Waals surface area (Å²) in [4.78, 5) is 2.58. The Morgan fingerprint density at radius 3 is 2.67 bits per heavy atom. The second-order valence-corrected chi connectivity index (χ2v) is 4.75. The third kappa shape index (κ3) is 2.54. The normalized spacial score (nSPS) is 15.3. The minimum Gasteiger partial charge on any atom is -0.368 e. The second kappa shape index (κ2) is 5.02. The molecule has 1 fully saturated rings. The van der Waals surface area contributed by atoms with Crippen molar-refractivity contribution in [1.82, 2.24) is 0 Å². The predicted molar refractivity (Wildman–Crippen MR) is 69.7 cm³/mol. The van der Waals surface area contributed by atoms with Crippen LogP contribution in [-0.4, -0.2) is 12.6 Å². The van der Waals surface area contributed by atoms with Gasteiger partial charge in [0.25, 0.3) is 0 Å². The lowest BCUT2D eigenvalue weighted by Crippen LogP contribution is -2.27. The van der Waals surface area contributed by atoms with E-state index in [4.69, 9.17) is 0 Å². The van der Waals surface area contributed by atoms with Gasteiger partial charge >= 0.3 is 0 Å². The Hall–Kier alpha value is -0.500. The van der Waals surface area contributed by atoms with Crippen LogP contribution in [0, 0.1) is 0 Å². The van der Waals surface area contributed by atoms with E-state index in [0.717, 1.165) is 11.4 Å². The SMILES string of the molecule is CCCN(c1ccccc1CBr)C1CC1. The van der Waals surface area contributed by atoms with Gasteiger partial charge < -0.3 is 4.90 Å². The van der Waals surface area contributed by atoms with Crippen LogP contribution in [0.15, 0.2) is 24.3 Å². The number of para-hydroxylation sites is 1. The van der Waals surface area contributed by atoms with E-state index < -0.39 is 0 Å². The minimum absolute atomic E-state index is 0.810. The van der Waals surface area contributed by atoms with Crippen molar-refractivity contribution in [3.8, 4) is 0 Å². The molecule has 0 atom stereocenters. The molecular formula is C13H18BrN. The summed E-state index contributed by atoms with van der Waals surface area (Å²) in [6.07, 6.45) is 3.97. The molecule has 1 aliphatic rings. The van der Waals surface area contributed by atoms with Crippen LogP contribution in [0.1, 0.15) is 31.7 Å². The lowest BCUT2D eigenvalue weighted by molar-refractivity contribution is 0.760. The average Bonchev–Trinajstić information content (AvgIpc) is 3.10. The third-order valence-electron chi connectivity index (χ3n) is 2.90. The zero-order chi connectivity index (χ0) is 10.7. The van der Waals surface area contributed by atoms with Gasteiger partial charge in [0.15, 0.2) is 0 Å². The van der Waals surface area contributed by atoms with Crippen LogP contribution in [0.4, 0.5) is 5.69 Å². The topological polar surface area (TPSA) is 3.24 Å². The summed E-state index contributed by atoms with van der Waals surface area (Å²) in [5.41, 5.74) is 2.84. The van der Waals surface area contributed by atoms with Crippen LogP contribution >= 0.6 is 15.9 Å². The molecule has 0 unspecified atom stereocenters. The number of alkyl halides is 1. The van der Waals surface area contributed by atoms with Crippen LogP contribution < -0.4 is 4.90 Å². The van der Waals surface area contributed by atoms with Gasteiger partial charge in [-0.15, -0.1) is 0 Å². The summed E-state index contributed by atoms with van der Waals surface area (Å²) in [7, 11) is 0. The molecule has 0 bridgehead atoms. The molecule has 15 heavy (non-hydrogen) atoms. The number of benzene rings is 1. The molecule has 1 aromatic rings. The molecule has 0 aromatic heterocycles. The largest absolute Gasteiger partial charge is 0.368 e. The summed E-state index contributed by atoms with van der Waals surface area (Å²) in [5, 5.41) is 0.954. The highest BCUT2D eigenvalue weighted by molar-refractivity contribution is 9.08. The maximum absolute atomic E-state index is 3.57. The van der Waals surface area contributed by atoms with E-state index in [1.165, 1.54) is 37.1 Å². The van der Waals surface area contributed by atoms with Crippen molar-refractivity contribution < 1.29 is 0 Å². The van der Waals surface area contributed by atoms with Crippen LogP contribution in [0.5, 0.6) is 0 Å². The van der Waals surface area contributed by atoms with Crippen LogP contribution in [0.25, 0.3) is 0 Å². The van der Waals surface area contributed by atoms with E-state index in [0.29, 0.717) is 0 Å². The fourth-order valence-electron chi connectivity index (χ4n) is 2.03. The smallest absolute Gasteiger partial charge is 0.0409 e. The maximum Gasteiger partial charge on any atom is 0.0409 e. The Bertz CT molecular complexity index is 320. The minimum atomic E-state index is 0.810. The number of nitrogens with zero attached hydrogens (tertiary/aromatic N) is 1. The average molecular weight is 268 g/mol. The molecule has 82 valence electrons. The van der Waals surface area contributed by atoms with Crippen molar-refractivity contribution in [3.63, 3.8) is 0 Å². The molecule has 0 spiro atoms. The molecule has 1 saturated carbocycles. The molecule has 1 aliphatic carbocycles. The van der Waals surface area contributed by atoms with Crippen LogP contribution in [0.3, 0.4) is 0 Å². The molecule has 2 rings (SSSR count). The van der Waals surface area contributed by atoms with Crippen molar-refractivity contribution in [2.75, 3.05) is 11.4 Å². The molecule has 0 amide bonds. The fourth-order valence-corrected chi connectivity index (χ4v) is 2.51. The Morgan fingerprint density at radius 1 is 1.33 bits per heavy atom. The number of hydrogen-bond acceptors (Lipinski definition) is 1. The van der Waals surface area contributed by atoms with E-state index in [-0.39, 0.29) is 0 Å². The molecule has 0 aliphatic heterocycles. The molecule has 2 heteroatoms. The summed E-state index contributed by atoms with van der Waals surface area (Å²) in [5.74, 6) is 0. The van der Waals surface area contributed by atoms with Gasteiger partial charge in [-0.3, -0.25) is 0 Å². The van der Waals surface area contributed by atoms with Gasteiger partial charge in [-0.2, -0.15) is 0 Å². The van der Waals surface area contributed by atoms with Gasteiger partial charge in [0.05, 0.1) is 0 Å². The van der Waals surface area contributed by atoms with Crippen molar-refractivity contribution in [3.05, 3.63) is 29.8 Å². The lowest BCUT2D eigenvalue weighted by Gasteiger charge is -2.26. The molecular weight excluding hydrogens is 250 g/mol. The molecule has 0 heterocycles. The zero-order valence-electron chi connectivity index (χ0n) is 9.25. The predicted octanol–water partition coefficient (Wildman–Crippen LogP) is 3.96. The monoisotopic (exact) mass is 267 g/mol. The fraction of sp³-hybridized carbons (Fsp3) is 0.538. The summed E-state index contributed by atoms with van der Waals surface area (Å²) < 4.78 is 0. The van der Waals surface area contributed by atoms with Crippen LogP contribution in [0.2, 0.25) is 0 Å². The van der Waals surface area contributed by atoms with E-state index in [1.54, 1.807) is 0 Å². The van der Waals surface area contributed by atoms with Crippen molar-refractivity contribution in [1.29, 1.82) is 0 Å². The highest BCUT2D eigenvalue weighted by Gasteiger charge is 2.29. The van der Waals surface area contributed by atoms with Gasteiger partial charge in [-0.05, 0) is 30.9 Å². The molecule has 0 saturated heterocycles. The van der Waals surface area contributed by atoms with Gasteiger partial charge in [0.1, 0.15) is 0 Å². The zero-order valence-corrected chi connectivity index (χ0v) is 10.8. The Morgan fingerprint density at radius 2 is 2.07 bits per heavy atom. The first-order chi connectivity index (χ1) is 7.36. The Kier molecular flexibility index (Phi) is 3.68. The summed E-state index contributed by atoms with van der Waals surface area (Å²) in [6.45, 7) is 3.45. The van der Waals surface area contributed by atoms with Gasteiger partial charge in [0, 0.05) is 23.6 Å². The summed E-state index contributed by atoms with van der Waals surface area (Å²) >= 11 is 3.57. The van der Waals surface area contributed by atoms with Gasteiger partial charge in [0.2, 0.25) is 0 Å². The highest BCUT2D eigenvalue weighted by Crippen LogP contribution is 2.34. The number of anilines is 1. The number of halogens is 1. The van der Waals surface area contributed by atoms with Crippen molar-refractivity contribution >= 4 is 21.6 Å². The first-order valence-electron chi connectivity index (χ1n) is 5.77. The van der Waals surface area contributed by atoms with E-state index in [2.05, 4.69) is 52.0 Å².